The maximum atomic E-state index is 5.68. The lowest BCUT2D eigenvalue weighted by atomic mass is 9.92. The highest BCUT2D eigenvalue weighted by Gasteiger charge is 2.21. The molecule has 0 bridgehead atoms. The minimum Gasteiger partial charge on any atom is -0.492 e. The molecule has 0 radical (unpaired) electrons. The lowest BCUT2D eigenvalue weighted by Gasteiger charge is -2.21. The Labute approximate surface area is 111 Å². The van der Waals surface area contributed by atoms with Crippen LogP contribution in [0.25, 0.3) is 10.1 Å². The van der Waals surface area contributed by atoms with Crippen molar-refractivity contribution in [1.29, 1.82) is 0 Å². The molecule has 1 N–H and O–H groups in total. The molecule has 0 saturated carbocycles. The molecule has 4 heteroatoms. The van der Waals surface area contributed by atoms with Gasteiger partial charge < -0.3 is 10.1 Å². The first-order valence-corrected chi connectivity index (χ1v) is 7.39. The molecule has 3 rings (SSSR count). The molecule has 18 heavy (non-hydrogen) atoms. The van der Waals surface area contributed by atoms with Gasteiger partial charge in [-0.2, -0.15) is 4.37 Å². The number of nitrogens with zero attached hydrogens (tertiary/aromatic N) is 1. The molecule has 0 unspecified atom stereocenters. The highest BCUT2D eigenvalue weighted by atomic mass is 32.1. The van der Waals surface area contributed by atoms with Gasteiger partial charge in [-0.15, -0.1) is 0 Å². The predicted octanol–water partition coefficient (Wildman–Crippen LogP) is 3.16. The monoisotopic (exact) mass is 262 g/mol. The van der Waals surface area contributed by atoms with Crippen LogP contribution in [0.2, 0.25) is 0 Å². The summed E-state index contributed by atoms with van der Waals surface area (Å²) in [6.45, 7) is 4.94. The van der Waals surface area contributed by atoms with Crippen LogP contribution in [0, 0.1) is 0 Å². The fourth-order valence-electron chi connectivity index (χ4n) is 2.61. The quantitative estimate of drug-likeness (QED) is 0.922. The van der Waals surface area contributed by atoms with Crippen molar-refractivity contribution >= 4 is 21.6 Å². The Kier molecular flexibility index (Phi) is 3.48. The van der Waals surface area contributed by atoms with E-state index in [-0.39, 0.29) is 0 Å². The number of piperidine rings is 1. The van der Waals surface area contributed by atoms with E-state index in [2.05, 4.69) is 17.4 Å². The summed E-state index contributed by atoms with van der Waals surface area (Å²) in [6, 6.07) is 6.29. The van der Waals surface area contributed by atoms with Gasteiger partial charge in [0.05, 0.1) is 17.0 Å². The molecule has 1 aromatic heterocycles. The maximum absolute atomic E-state index is 5.68. The van der Waals surface area contributed by atoms with Gasteiger partial charge in [0.15, 0.2) is 0 Å². The normalized spacial score (nSPS) is 17.2. The first-order chi connectivity index (χ1) is 8.90. The summed E-state index contributed by atoms with van der Waals surface area (Å²) in [7, 11) is 0. The standard InChI is InChI=1S/C14H18N2OS/c1-2-17-12-5-3-4-11-13(16-18-14(11)12)10-6-8-15-9-7-10/h3-5,10,15H,2,6-9H2,1H3. The van der Waals surface area contributed by atoms with Crippen LogP contribution in [0.4, 0.5) is 0 Å². The number of nitrogens with one attached hydrogen (secondary N) is 1. The third-order valence-electron chi connectivity index (χ3n) is 3.52. The maximum Gasteiger partial charge on any atom is 0.138 e. The zero-order valence-corrected chi connectivity index (χ0v) is 11.4. The average molecular weight is 262 g/mol. The molecule has 1 aliphatic heterocycles. The van der Waals surface area contributed by atoms with Crippen molar-refractivity contribution in [3.8, 4) is 5.75 Å². The van der Waals surface area contributed by atoms with Crippen LogP contribution in [0.5, 0.6) is 5.75 Å². The van der Waals surface area contributed by atoms with Crippen LogP contribution in [0.1, 0.15) is 31.4 Å². The number of rotatable bonds is 3. The molecule has 1 fully saturated rings. The first kappa shape index (κ1) is 11.9. The SMILES string of the molecule is CCOc1cccc2c(C3CCNCC3)nsc12. The summed E-state index contributed by atoms with van der Waals surface area (Å²) < 4.78 is 11.6. The lowest BCUT2D eigenvalue weighted by molar-refractivity contribution is 0.345. The van der Waals surface area contributed by atoms with E-state index in [1.165, 1.54) is 28.6 Å². The molecule has 0 amide bonds. The van der Waals surface area contributed by atoms with Gasteiger partial charge in [-0.1, -0.05) is 12.1 Å². The number of hydrogen-bond acceptors (Lipinski definition) is 4. The van der Waals surface area contributed by atoms with Gasteiger partial charge in [0.2, 0.25) is 0 Å². The van der Waals surface area contributed by atoms with Crippen molar-refractivity contribution in [1.82, 2.24) is 9.69 Å². The Morgan fingerprint density at radius 2 is 2.22 bits per heavy atom. The largest absolute Gasteiger partial charge is 0.492 e. The molecule has 0 atom stereocenters. The third kappa shape index (κ3) is 2.10. The Balaban J connectivity index is 2.00. The van der Waals surface area contributed by atoms with E-state index >= 15 is 0 Å². The molecule has 3 nitrogen and oxygen atoms in total. The van der Waals surface area contributed by atoms with Gasteiger partial charge in [-0.05, 0) is 50.5 Å². The summed E-state index contributed by atoms with van der Waals surface area (Å²) in [4.78, 5) is 0. The van der Waals surface area contributed by atoms with Gasteiger partial charge in [-0.25, -0.2) is 0 Å². The minimum absolute atomic E-state index is 0.608. The van der Waals surface area contributed by atoms with Crippen LogP contribution in [0.15, 0.2) is 18.2 Å². The van der Waals surface area contributed by atoms with Crippen LogP contribution >= 0.6 is 11.5 Å². The smallest absolute Gasteiger partial charge is 0.138 e. The molecular weight excluding hydrogens is 244 g/mol. The number of benzene rings is 1. The second-order valence-electron chi connectivity index (χ2n) is 4.66. The fraction of sp³-hybridized carbons (Fsp3) is 0.500. The Morgan fingerprint density at radius 1 is 1.39 bits per heavy atom. The van der Waals surface area contributed by atoms with E-state index in [0.717, 1.165) is 18.8 Å². The molecule has 1 aromatic carbocycles. The van der Waals surface area contributed by atoms with E-state index in [4.69, 9.17) is 9.11 Å². The summed E-state index contributed by atoms with van der Waals surface area (Å²) in [6.07, 6.45) is 2.38. The zero-order chi connectivity index (χ0) is 12.4. The summed E-state index contributed by atoms with van der Waals surface area (Å²) >= 11 is 1.58. The van der Waals surface area contributed by atoms with Crippen LogP contribution in [0.3, 0.4) is 0 Å². The van der Waals surface area contributed by atoms with Crippen LogP contribution < -0.4 is 10.1 Å². The van der Waals surface area contributed by atoms with Gasteiger partial charge in [-0.3, -0.25) is 0 Å². The summed E-state index contributed by atoms with van der Waals surface area (Å²) in [5.41, 5.74) is 1.28. The molecule has 96 valence electrons. The average Bonchev–Trinajstić information content (AvgIpc) is 2.85. The van der Waals surface area contributed by atoms with E-state index in [1.807, 2.05) is 13.0 Å². The predicted molar refractivity (Wildman–Crippen MR) is 75.6 cm³/mol. The Hall–Kier alpha value is -1.13. The highest BCUT2D eigenvalue weighted by molar-refractivity contribution is 7.13. The second-order valence-corrected chi connectivity index (χ2v) is 5.43. The molecule has 2 heterocycles. The number of aromatic nitrogens is 1. The molecule has 0 spiro atoms. The zero-order valence-electron chi connectivity index (χ0n) is 10.6. The summed E-state index contributed by atoms with van der Waals surface area (Å²) in [5.74, 6) is 1.59. The Bertz CT molecular complexity index is 532. The highest BCUT2D eigenvalue weighted by Crippen LogP contribution is 2.37. The van der Waals surface area contributed by atoms with Crippen LogP contribution in [-0.4, -0.2) is 24.1 Å². The van der Waals surface area contributed by atoms with Gasteiger partial charge >= 0.3 is 0 Å². The second kappa shape index (κ2) is 5.24. The molecule has 2 aromatic rings. The number of ether oxygens (including phenoxy) is 1. The molecule has 0 aliphatic carbocycles. The van der Waals surface area contributed by atoms with Crippen molar-refractivity contribution < 1.29 is 4.74 Å². The van der Waals surface area contributed by atoms with E-state index in [0.29, 0.717) is 12.5 Å². The summed E-state index contributed by atoms with van der Waals surface area (Å²) in [5, 5.41) is 4.70. The van der Waals surface area contributed by atoms with Gasteiger partial charge in [0.1, 0.15) is 5.75 Å². The third-order valence-corrected chi connectivity index (χ3v) is 4.41. The topological polar surface area (TPSA) is 34.1 Å². The van der Waals surface area contributed by atoms with E-state index < -0.39 is 0 Å². The molecule has 1 aliphatic rings. The van der Waals surface area contributed by atoms with E-state index in [9.17, 15) is 0 Å². The van der Waals surface area contributed by atoms with Crippen LogP contribution in [-0.2, 0) is 0 Å². The Morgan fingerprint density at radius 3 is 3.00 bits per heavy atom. The van der Waals surface area contributed by atoms with Crippen molar-refractivity contribution in [3.63, 3.8) is 0 Å². The van der Waals surface area contributed by atoms with Crippen molar-refractivity contribution in [3.05, 3.63) is 23.9 Å². The van der Waals surface area contributed by atoms with Gasteiger partial charge in [0, 0.05) is 11.3 Å². The molecular formula is C14H18N2OS. The lowest BCUT2D eigenvalue weighted by Crippen LogP contribution is -2.26. The first-order valence-electron chi connectivity index (χ1n) is 6.62. The fourth-order valence-corrected chi connectivity index (χ4v) is 3.54. The number of fused-ring (bicyclic) bond motifs is 1. The number of hydrogen-bond donors (Lipinski definition) is 1. The minimum atomic E-state index is 0.608. The molecule has 1 saturated heterocycles. The van der Waals surface area contributed by atoms with Gasteiger partial charge in [0.25, 0.3) is 0 Å². The van der Waals surface area contributed by atoms with E-state index in [1.54, 1.807) is 11.5 Å². The van der Waals surface area contributed by atoms with Crippen molar-refractivity contribution in [2.45, 2.75) is 25.7 Å². The van der Waals surface area contributed by atoms with Crippen molar-refractivity contribution in [2.24, 2.45) is 0 Å². The van der Waals surface area contributed by atoms with Crippen molar-refractivity contribution in [2.75, 3.05) is 19.7 Å².